The zero-order valence-corrected chi connectivity index (χ0v) is 11.8. The number of rotatable bonds is 9. The van der Waals surface area contributed by atoms with Crippen molar-refractivity contribution >= 4 is 11.8 Å². The van der Waals surface area contributed by atoms with E-state index in [0.717, 1.165) is 12.5 Å². The van der Waals surface area contributed by atoms with Crippen LogP contribution < -0.4 is 5.32 Å². The first-order chi connectivity index (χ1) is 7.86. The lowest BCUT2D eigenvalue weighted by Gasteiger charge is -2.15. The van der Waals surface area contributed by atoms with E-state index in [2.05, 4.69) is 23.4 Å². The van der Waals surface area contributed by atoms with Gasteiger partial charge in [0.2, 0.25) is 0 Å². The van der Waals surface area contributed by atoms with Crippen molar-refractivity contribution in [3.05, 3.63) is 0 Å². The molecular weight excluding hydrogens is 216 g/mol. The molecule has 0 spiro atoms. The van der Waals surface area contributed by atoms with Crippen LogP contribution in [-0.2, 0) is 0 Å². The van der Waals surface area contributed by atoms with Gasteiger partial charge in [-0.3, -0.25) is 0 Å². The van der Waals surface area contributed by atoms with Crippen LogP contribution in [0.25, 0.3) is 0 Å². The van der Waals surface area contributed by atoms with Crippen LogP contribution in [-0.4, -0.2) is 49.6 Å². The van der Waals surface area contributed by atoms with E-state index in [4.69, 9.17) is 0 Å². The van der Waals surface area contributed by atoms with Crippen LogP contribution in [0.2, 0.25) is 0 Å². The molecule has 1 fully saturated rings. The zero-order valence-electron chi connectivity index (χ0n) is 11.0. The van der Waals surface area contributed by atoms with Crippen LogP contribution in [0.15, 0.2) is 0 Å². The normalized spacial score (nSPS) is 21.8. The molecule has 16 heavy (non-hydrogen) atoms. The van der Waals surface area contributed by atoms with Crippen LogP contribution in [0.5, 0.6) is 0 Å². The second-order valence-electron chi connectivity index (χ2n) is 4.82. The van der Waals surface area contributed by atoms with Gasteiger partial charge in [-0.05, 0) is 63.4 Å². The van der Waals surface area contributed by atoms with E-state index < -0.39 is 0 Å². The predicted molar refractivity (Wildman–Crippen MR) is 75.3 cm³/mol. The maximum Gasteiger partial charge on any atom is 0.00223 e. The predicted octanol–water partition coefficient (Wildman–Crippen LogP) is 2.45. The summed E-state index contributed by atoms with van der Waals surface area (Å²) in [7, 11) is 0. The highest BCUT2D eigenvalue weighted by atomic mass is 32.2. The Bertz CT molecular complexity index is 164. The van der Waals surface area contributed by atoms with E-state index in [1.165, 1.54) is 57.6 Å². The van der Waals surface area contributed by atoms with Crippen molar-refractivity contribution in [1.82, 2.24) is 10.2 Å². The maximum atomic E-state index is 3.47. The van der Waals surface area contributed by atoms with E-state index in [1.54, 1.807) is 0 Å². The van der Waals surface area contributed by atoms with Crippen molar-refractivity contribution in [1.29, 1.82) is 0 Å². The molecule has 2 nitrogen and oxygen atoms in total. The molecule has 0 aromatic rings. The van der Waals surface area contributed by atoms with Gasteiger partial charge in [-0.2, -0.15) is 11.8 Å². The van der Waals surface area contributed by atoms with E-state index >= 15 is 0 Å². The Morgan fingerprint density at radius 3 is 2.94 bits per heavy atom. The third-order valence-electron chi connectivity index (χ3n) is 3.38. The van der Waals surface area contributed by atoms with Crippen LogP contribution in [0, 0.1) is 5.92 Å². The Hall–Kier alpha value is 0.270. The average molecular weight is 244 g/mol. The van der Waals surface area contributed by atoms with Gasteiger partial charge >= 0.3 is 0 Å². The molecule has 1 aliphatic heterocycles. The fraction of sp³-hybridized carbons (Fsp3) is 1.00. The minimum Gasteiger partial charge on any atom is -0.317 e. The largest absolute Gasteiger partial charge is 0.317 e. The highest BCUT2D eigenvalue weighted by molar-refractivity contribution is 7.98. The van der Waals surface area contributed by atoms with Gasteiger partial charge in [0.1, 0.15) is 0 Å². The third-order valence-corrected chi connectivity index (χ3v) is 4.07. The summed E-state index contributed by atoms with van der Waals surface area (Å²) in [5.74, 6) is 2.24. The molecule has 0 saturated carbocycles. The van der Waals surface area contributed by atoms with Gasteiger partial charge in [-0.1, -0.05) is 13.3 Å². The second kappa shape index (κ2) is 9.32. The molecule has 96 valence electrons. The number of unbranched alkanes of at least 4 members (excludes halogenated alkanes) is 2. The molecule has 0 bridgehead atoms. The van der Waals surface area contributed by atoms with Crippen molar-refractivity contribution in [3.63, 3.8) is 0 Å². The van der Waals surface area contributed by atoms with Crippen LogP contribution in [0.4, 0.5) is 0 Å². The average Bonchev–Trinajstić information content (AvgIpc) is 2.74. The molecule has 1 aliphatic rings. The molecule has 1 unspecified atom stereocenters. The Labute approximate surface area is 106 Å². The van der Waals surface area contributed by atoms with Gasteiger partial charge < -0.3 is 10.2 Å². The number of likely N-dealkylation sites (tertiary alicyclic amines) is 1. The monoisotopic (exact) mass is 244 g/mol. The van der Waals surface area contributed by atoms with Gasteiger partial charge in [0.05, 0.1) is 0 Å². The summed E-state index contributed by atoms with van der Waals surface area (Å²) in [6, 6.07) is 0. The number of hydrogen-bond donors (Lipinski definition) is 1. The zero-order chi connectivity index (χ0) is 11.6. The van der Waals surface area contributed by atoms with Crippen LogP contribution in [0.3, 0.4) is 0 Å². The fourth-order valence-corrected chi connectivity index (χ4v) is 2.88. The summed E-state index contributed by atoms with van der Waals surface area (Å²) in [5, 5.41) is 3.47. The number of thioether (sulfide) groups is 1. The van der Waals surface area contributed by atoms with Gasteiger partial charge in [0, 0.05) is 6.54 Å². The van der Waals surface area contributed by atoms with Crippen LogP contribution in [0.1, 0.15) is 32.6 Å². The molecule has 0 aromatic carbocycles. The lowest BCUT2D eigenvalue weighted by molar-refractivity contribution is 0.314. The van der Waals surface area contributed by atoms with Gasteiger partial charge in [-0.25, -0.2) is 0 Å². The first-order valence-corrected chi connectivity index (χ1v) is 8.18. The topological polar surface area (TPSA) is 15.3 Å². The van der Waals surface area contributed by atoms with Crippen molar-refractivity contribution in [2.45, 2.75) is 32.6 Å². The molecule has 0 amide bonds. The van der Waals surface area contributed by atoms with Gasteiger partial charge in [0.25, 0.3) is 0 Å². The first-order valence-electron chi connectivity index (χ1n) is 6.78. The molecule has 1 atom stereocenters. The summed E-state index contributed by atoms with van der Waals surface area (Å²) in [4.78, 5) is 2.65. The lowest BCUT2D eigenvalue weighted by atomic mass is 10.1. The first kappa shape index (κ1) is 14.3. The second-order valence-corrected chi connectivity index (χ2v) is 5.80. The summed E-state index contributed by atoms with van der Waals surface area (Å²) in [6.07, 6.45) is 7.81. The molecule has 0 radical (unpaired) electrons. The molecule has 1 N–H and O–H groups in total. The Kier molecular flexibility index (Phi) is 8.34. The highest BCUT2D eigenvalue weighted by Gasteiger charge is 2.20. The van der Waals surface area contributed by atoms with Crippen molar-refractivity contribution < 1.29 is 0 Å². The SMILES string of the molecule is CCNCC1CCN(CCCCCSC)C1. The Morgan fingerprint density at radius 1 is 1.31 bits per heavy atom. The molecular formula is C13H28N2S. The minimum atomic E-state index is 0.908. The van der Waals surface area contributed by atoms with Crippen LogP contribution >= 0.6 is 11.8 Å². The third kappa shape index (κ3) is 6.12. The number of hydrogen-bond acceptors (Lipinski definition) is 3. The highest BCUT2D eigenvalue weighted by Crippen LogP contribution is 2.16. The Morgan fingerprint density at radius 2 is 2.19 bits per heavy atom. The molecule has 0 aromatic heterocycles. The number of nitrogens with zero attached hydrogens (tertiary/aromatic N) is 1. The number of nitrogens with one attached hydrogen (secondary N) is 1. The molecule has 1 heterocycles. The summed E-state index contributed by atoms with van der Waals surface area (Å²) >= 11 is 1.97. The fourth-order valence-electron chi connectivity index (χ4n) is 2.39. The van der Waals surface area contributed by atoms with E-state index in [9.17, 15) is 0 Å². The van der Waals surface area contributed by atoms with E-state index in [0.29, 0.717) is 0 Å². The quantitative estimate of drug-likeness (QED) is 0.627. The van der Waals surface area contributed by atoms with E-state index in [-0.39, 0.29) is 0 Å². The van der Waals surface area contributed by atoms with Crippen molar-refractivity contribution in [2.24, 2.45) is 5.92 Å². The standard InChI is InChI=1S/C13H28N2S/c1-3-14-11-13-7-9-15(12-13)8-5-4-6-10-16-2/h13-14H,3-12H2,1-2H3. The van der Waals surface area contributed by atoms with Crippen molar-refractivity contribution in [2.75, 3.05) is 44.7 Å². The van der Waals surface area contributed by atoms with E-state index in [1.807, 2.05) is 11.8 Å². The summed E-state index contributed by atoms with van der Waals surface area (Å²) in [5.41, 5.74) is 0. The summed E-state index contributed by atoms with van der Waals surface area (Å²) < 4.78 is 0. The molecule has 3 heteroatoms. The Balaban J connectivity index is 1.94. The maximum absolute atomic E-state index is 3.47. The molecule has 1 saturated heterocycles. The minimum absolute atomic E-state index is 0.908. The van der Waals surface area contributed by atoms with Gasteiger partial charge in [0.15, 0.2) is 0 Å². The molecule has 1 rings (SSSR count). The smallest absolute Gasteiger partial charge is 0.00223 e. The lowest BCUT2D eigenvalue weighted by Crippen LogP contribution is -2.26. The molecule has 0 aliphatic carbocycles. The van der Waals surface area contributed by atoms with Gasteiger partial charge in [-0.15, -0.1) is 0 Å². The van der Waals surface area contributed by atoms with Crippen molar-refractivity contribution in [3.8, 4) is 0 Å². The summed E-state index contributed by atoms with van der Waals surface area (Å²) in [6.45, 7) is 8.52.